The largest absolute Gasteiger partial charge is 0.492 e. The highest BCUT2D eigenvalue weighted by Crippen LogP contribution is 2.28. The Labute approximate surface area is 123 Å². The lowest BCUT2D eigenvalue weighted by Crippen LogP contribution is -2.35. The van der Waals surface area contributed by atoms with Crippen molar-refractivity contribution in [3.05, 3.63) is 17.9 Å². The fraction of sp³-hybridized carbons (Fsp3) is 0.538. The van der Waals surface area contributed by atoms with Crippen LogP contribution in [0.1, 0.15) is 19.3 Å². The molecule has 1 aromatic rings. The monoisotopic (exact) mass is 318 g/mol. The van der Waals surface area contributed by atoms with Gasteiger partial charge in [-0.15, -0.1) is 0 Å². The minimum absolute atomic E-state index is 0.0632. The molecule has 1 aromatic carbocycles. The van der Waals surface area contributed by atoms with E-state index in [1.54, 1.807) is 0 Å². The second-order valence-corrected chi connectivity index (χ2v) is 6.64. The lowest BCUT2D eigenvalue weighted by atomic mass is 10.1. The fourth-order valence-corrected chi connectivity index (χ4v) is 3.33. The Kier molecular flexibility index (Phi) is 5.02. The van der Waals surface area contributed by atoms with Crippen molar-refractivity contribution in [2.45, 2.75) is 30.3 Å². The Morgan fingerprint density at radius 3 is 2.81 bits per heavy atom. The van der Waals surface area contributed by atoms with Crippen LogP contribution in [0.5, 0.6) is 5.75 Å². The first-order valence-corrected chi connectivity index (χ1v) is 8.16. The molecule has 2 rings (SSSR count). The topological polar surface area (TPSA) is 90.7 Å². The molecule has 1 fully saturated rings. The first kappa shape index (κ1) is 16.0. The fourth-order valence-electron chi connectivity index (χ4n) is 2.21. The van der Waals surface area contributed by atoms with Crippen LogP contribution in [0.4, 0.5) is 10.1 Å². The molecule has 1 aliphatic rings. The number of ether oxygens (including phenoxy) is 2. The van der Waals surface area contributed by atoms with Gasteiger partial charge in [0.25, 0.3) is 0 Å². The molecule has 3 N–H and O–H groups in total. The Morgan fingerprint density at radius 1 is 1.48 bits per heavy atom. The van der Waals surface area contributed by atoms with E-state index >= 15 is 0 Å². The molecule has 1 saturated heterocycles. The van der Waals surface area contributed by atoms with E-state index < -0.39 is 15.8 Å². The number of anilines is 1. The minimum Gasteiger partial charge on any atom is -0.492 e. The van der Waals surface area contributed by atoms with Gasteiger partial charge in [-0.3, -0.25) is 0 Å². The lowest BCUT2D eigenvalue weighted by Gasteiger charge is -2.22. The number of hydrogen-bond acceptors (Lipinski definition) is 5. The minimum atomic E-state index is -3.84. The summed E-state index contributed by atoms with van der Waals surface area (Å²) in [5.41, 5.74) is 5.52. The summed E-state index contributed by atoms with van der Waals surface area (Å²) in [6, 6.07) is 2.06. The Morgan fingerprint density at radius 2 is 2.24 bits per heavy atom. The average molecular weight is 318 g/mol. The molecular weight excluding hydrogens is 299 g/mol. The van der Waals surface area contributed by atoms with Crippen molar-refractivity contribution in [2.75, 3.05) is 26.0 Å². The summed E-state index contributed by atoms with van der Waals surface area (Å²) in [4.78, 5) is -0.228. The van der Waals surface area contributed by atoms with Crippen molar-refractivity contribution in [1.82, 2.24) is 4.72 Å². The van der Waals surface area contributed by atoms with E-state index in [-0.39, 0.29) is 29.0 Å². The molecule has 0 bridgehead atoms. The number of hydrogen-bond donors (Lipinski definition) is 2. The SMILES string of the molecule is COc1c(N)cc(S(=O)(=O)NCC2CCCCO2)cc1F. The van der Waals surface area contributed by atoms with Crippen molar-refractivity contribution in [2.24, 2.45) is 0 Å². The third kappa shape index (κ3) is 3.84. The van der Waals surface area contributed by atoms with Crippen LogP contribution in [0.15, 0.2) is 17.0 Å². The number of halogens is 1. The van der Waals surface area contributed by atoms with E-state index in [2.05, 4.69) is 4.72 Å². The lowest BCUT2D eigenvalue weighted by molar-refractivity contribution is 0.0200. The number of benzene rings is 1. The van der Waals surface area contributed by atoms with Gasteiger partial charge < -0.3 is 15.2 Å². The molecule has 0 aromatic heterocycles. The van der Waals surface area contributed by atoms with Crippen molar-refractivity contribution in [3.8, 4) is 5.75 Å². The van der Waals surface area contributed by atoms with E-state index in [0.29, 0.717) is 6.61 Å². The third-order valence-corrected chi connectivity index (χ3v) is 4.74. The molecule has 0 aliphatic carbocycles. The second-order valence-electron chi connectivity index (χ2n) is 4.87. The molecule has 21 heavy (non-hydrogen) atoms. The normalized spacial score (nSPS) is 19.4. The van der Waals surface area contributed by atoms with Gasteiger partial charge in [0.2, 0.25) is 10.0 Å². The highest BCUT2D eigenvalue weighted by molar-refractivity contribution is 7.89. The van der Waals surface area contributed by atoms with E-state index in [1.165, 1.54) is 13.2 Å². The van der Waals surface area contributed by atoms with E-state index in [0.717, 1.165) is 25.3 Å². The number of rotatable bonds is 5. The molecule has 0 amide bonds. The highest BCUT2D eigenvalue weighted by Gasteiger charge is 2.21. The average Bonchev–Trinajstić information content (AvgIpc) is 2.46. The van der Waals surface area contributed by atoms with Gasteiger partial charge in [-0.05, 0) is 31.4 Å². The molecule has 118 valence electrons. The Bertz CT molecular complexity index is 577. The smallest absolute Gasteiger partial charge is 0.240 e. The number of sulfonamides is 1. The molecule has 0 radical (unpaired) electrons. The van der Waals surface area contributed by atoms with Crippen molar-refractivity contribution >= 4 is 15.7 Å². The van der Waals surface area contributed by atoms with E-state index in [4.69, 9.17) is 15.2 Å². The summed E-state index contributed by atoms with van der Waals surface area (Å²) in [7, 11) is -2.57. The predicted octanol–water partition coefficient (Wildman–Crippen LogP) is 1.26. The summed E-state index contributed by atoms with van der Waals surface area (Å²) in [6.07, 6.45) is 2.66. The molecule has 8 heteroatoms. The quantitative estimate of drug-likeness (QED) is 0.798. The summed E-state index contributed by atoms with van der Waals surface area (Å²) in [6.45, 7) is 0.798. The van der Waals surface area contributed by atoms with Gasteiger partial charge in [0.1, 0.15) is 0 Å². The molecule has 0 saturated carbocycles. The summed E-state index contributed by atoms with van der Waals surface area (Å²) < 4.78 is 50.6. The number of nitrogens with one attached hydrogen (secondary N) is 1. The van der Waals surface area contributed by atoms with Crippen LogP contribution in [0.25, 0.3) is 0 Å². The van der Waals surface area contributed by atoms with E-state index in [9.17, 15) is 12.8 Å². The van der Waals surface area contributed by atoms with Crippen molar-refractivity contribution < 1.29 is 22.3 Å². The molecule has 0 spiro atoms. The van der Waals surface area contributed by atoms with Gasteiger partial charge >= 0.3 is 0 Å². The van der Waals surface area contributed by atoms with E-state index in [1.807, 2.05) is 0 Å². The van der Waals surface area contributed by atoms with Gasteiger partial charge in [-0.2, -0.15) is 0 Å². The molecule has 6 nitrogen and oxygen atoms in total. The van der Waals surface area contributed by atoms with Gasteiger partial charge in [-0.25, -0.2) is 17.5 Å². The summed E-state index contributed by atoms with van der Waals surface area (Å²) in [5.74, 6) is -0.976. The van der Waals surface area contributed by atoms with Crippen molar-refractivity contribution in [1.29, 1.82) is 0 Å². The summed E-state index contributed by atoms with van der Waals surface area (Å²) in [5, 5.41) is 0. The standard InChI is InChI=1S/C13H19FN2O4S/c1-19-13-11(14)6-10(7-12(13)15)21(17,18)16-8-9-4-2-3-5-20-9/h6-7,9,16H,2-5,8,15H2,1H3. The third-order valence-electron chi connectivity index (χ3n) is 3.34. The first-order valence-electron chi connectivity index (χ1n) is 6.68. The molecule has 1 atom stereocenters. The zero-order chi connectivity index (χ0) is 15.5. The maximum atomic E-state index is 13.7. The first-order chi connectivity index (χ1) is 9.94. The van der Waals surface area contributed by atoms with Crippen LogP contribution < -0.4 is 15.2 Å². The van der Waals surface area contributed by atoms with Gasteiger partial charge in [0.05, 0.1) is 23.8 Å². The summed E-state index contributed by atoms with van der Waals surface area (Å²) >= 11 is 0. The second kappa shape index (κ2) is 6.59. The Hall–Kier alpha value is -1.38. The molecular formula is C13H19FN2O4S. The number of nitrogens with two attached hydrogens (primary N) is 1. The zero-order valence-electron chi connectivity index (χ0n) is 11.8. The van der Waals surface area contributed by atoms with Crippen molar-refractivity contribution in [3.63, 3.8) is 0 Å². The van der Waals surface area contributed by atoms with Crippen LogP contribution in [0.3, 0.4) is 0 Å². The predicted molar refractivity (Wildman–Crippen MR) is 76.1 cm³/mol. The number of methoxy groups -OCH3 is 1. The Balaban J connectivity index is 2.12. The van der Waals surface area contributed by atoms with Crippen LogP contribution >= 0.6 is 0 Å². The van der Waals surface area contributed by atoms with Crippen LogP contribution in [-0.2, 0) is 14.8 Å². The maximum Gasteiger partial charge on any atom is 0.240 e. The van der Waals surface area contributed by atoms with Crippen LogP contribution in [0.2, 0.25) is 0 Å². The number of nitrogen functional groups attached to an aromatic ring is 1. The van der Waals surface area contributed by atoms with Gasteiger partial charge in [0.15, 0.2) is 11.6 Å². The highest BCUT2D eigenvalue weighted by atomic mass is 32.2. The van der Waals surface area contributed by atoms with Crippen LogP contribution in [0, 0.1) is 5.82 Å². The van der Waals surface area contributed by atoms with Crippen LogP contribution in [-0.4, -0.2) is 34.8 Å². The van der Waals surface area contributed by atoms with Gasteiger partial charge in [0, 0.05) is 13.2 Å². The zero-order valence-corrected chi connectivity index (χ0v) is 12.6. The van der Waals surface area contributed by atoms with Gasteiger partial charge in [-0.1, -0.05) is 0 Å². The molecule has 1 heterocycles. The molecule has 1 unspecified atom stereocenters. The maximum absolute atomic E-state index is 13.7. The molecule has 1 aliphatic heterocycles.